The summed E-state index contributed by atoms with van der Waals surface area (Å²) in [5.41, 5.74) is 2.91. The zero-order chi connectivity index (χ0) is 12.8. The smallest absolute Gasteiger partial charge is 0.423 e. The van der Waals surface area contributed by atoms with Crippen molar-refractivity contribution in [1.29, 1.82) is 0 Å². The summed E-state index contributed by atoms with van der Waals surface area (Å²) in [5, 5.41) is 18.3. The van der Waals surface area contributed by atoms with E-state index < -0.39 is 7.12 Å². The van der Waals surface area contributed by atoms with Gasteiger partial charge in [0.25, 0.3) is 0 Å². The lowest BCUT2D eigenvalue weighted by molar-refractivity contribution is 0.183. The van der Waals surface area contributed by atoms with Gasteiger partial charge in [-0.3, -0.25) is 0 Å². The molecule has 0 saturated heterocycles. The lowest BCUT2D eigenvalue weighted by Crippen LogP contribution is -2.34. The van der Waals surface area contributed by atoms with Crippen LogP contribution >= 0.6 is 0 Å². The van der Waals surface area contributed by atoms with Crippen molar-refractivity contribution in [2.45, 2.75) is 0 Å². The first-order valence-electron chi connectivity index (χ1n) is 5.87. The summed E-state index contributed by atoms with van der Waals surface area (Å²) < 4.78 is 5.03. The Morgan fingerprint density at radius 3 is 2.11 bits per heavy atom. The lowest BCUT2D eigenvalue weighted by Gasteiger charge is -2.08. The molecule has 0 fully saturated rings. The number of hydrogen-bond acceptors (Lipinski definition) is 3. The fourth-order valence-electron chi connectivity index (χ4n) is 1.73. The van der Waals surface area contributed by atoms with Crippen LogP contribution in [0.3, 0.4) is 0 Å². The molecule has 92 valence electrons. The Kier molecular flexibility index (Phi) is 4.53. The van der Waals surface area contributed by atoms with Crippen molar-refractivity contribution in [3.05, 3.63) is 54.6 Å². The molecule has 2 N–H and O–H groups in total. The van der Waals surface area contributed by atoms with Crippen LogP contribution in [0.25, 0.3) is 11.1 Å². The molecule has 0 aliphatic rings. The van der Waals surface area contributed by atoms with E-state index >= 15 is 0 Å². The molecule has 0 unspecified atom stereocenters. The highest BCUT2D eigenvalue weighted by Gasteiger charge is 2.15. The van der Waals surface area contributed by atoms with Crippen molar-refractivity contribution in [3.8, 4) is 11.1 Å². The van der Waals surface area contributed by atoms with E-state index in [9.17, 15) is 5.02 Å². The SMILES string of the molecule is OCCOB(O)c1ccc(-c2ccccc2)cc1. The van der Waals surface area contributed by atoms with E-state index in [4.69, 9.17) is 9.76 Å². The van der Waals surface area contributed by atoms with Crippen molar-refractivity contribution in [2.24, 2.45) is 0 Å². The summed E-state index contributed by atoms with van der Waals surface area (Å²) in [6.07, 6.45) is 0. The van der Waals surface area contributed by atoms with E-state index in [1.807, 2.05) is 54.6 Å². The van der Waals surface area contributed by atoms with Crippen LogP contribution < -0.4 is 5.46 Å². The quantitative estimate of drug-likeness (QED) is 0.770. The molecule has 0 amide bonds. The number of aliphatic hydroxyl groups is 1. The minimum Gasteiger partial charge on any atom is -0.423 e. The van der Waals surface area contributed by atoms with Gasteiger partial charge in [-0.2, -0.15) is 0 Å². The minimum atomic E-state index is -0.984. The van der Waals surface area contributed by atoms with Gasteiger partial charge in [-0.1, -0.05) is 54.6 Å². The molecule has 0 aliphatic heterocycles. The molecule has 0 radical (unpaired) electrons. The molecular weight excluding hydrogens is 227 g/mol. The Morgan fingerprint density at radius 2 is 1.50 bits per heavy atom. The third-order valence-corrected chi connectivity index (χ3v) is 2.67. The minimum absolute atomic E-state index is 0.0981. The van der Waals surface area contributed by atoms with Crippen LogP contribution in [0.5, 0.6) is 0 Å². The highest BCUT2D eigenvalue weighted by molar-refractivity contribution is 6.59. The first-order chi connectivity index (χ1) is 8.81. The largest absolute Gasteiger partial charge is 0.491 e. The summed E-state index contributed by atoms with van der Waals surface area (Å²) >= 11 is 0. The second-order valence-corrected chi connectivity index (χ2v) is 3.93. The molecule has 2 aromatic carbocycles. The van der Waals surface area contributed by atoms with Gasteiger partial charge < -0.3 is 14.8 Å². The maximum absolute atomic E-state index is 9.68. The van der Waals surface area contributed by atoms with E-state index in [0.717, 1.165) is 11.1 Å². The number of hydrogen-bond donors (Lipinski definition) is 2. The summed E-state index contributed by atoms with van der Waals surface area (Å²) in [6.45, 7) is 0.0285. The molecule has 18 heavy (non-hydrogen) atoms. The molecule has 0 spiro atoms. The topological polar surface area (TPSA) is 49.7 Å². The van der Waals surface area contributed by atoms with Gasteiger partial charge in [-0.25, -0.2) is 0 Å². The van der Waals surface area contributed by atoms with E-state index in [2.05, 4.69) is 0 Å². The average molecular weight is 242 g/mol. The Labute approximate surface area is 107 Å². The Balaban J connectivity index is 2.10. The van der Waals surface area contributed by atoms with Gasteiger partial charge >= 0.3 is 7.12 Å². The Bertz CT molecular complexity index is 470. The molecule has 4 heteroatoms. The number of benzene rings is 2. The Morgan fingerprint density at radius 1 is 0.889 bits per heavy atom. The molecule has 0 aromatic heterocycles. The van der Waals surface area contributed by atoms with Crippen LogP contribution in [0, 0.1) is 0 Å². The zero-order valence-corrected chi connectivity index (χ0v) is 9.99. The van der Waals surface area contributed by atoms with Gasteiger partial charge in [-0.15, -0.1) is 0 Å². The van der Waals surface area contributed by atoms with Crippen molar-refractivity contribution in [2.75, 3.05) is 13.2 Å². The fraction of sp³-hybridized carbons (Fsp3) is 0.143. The summed E-state index contributed by atoms with van der Waals surface area (Å²) in [5.74, 6) is 0. The maximum atomic E-state index is 9.68. The molecular formula is C14H15BO3. The van der Waals surface area contributed by atoms with Crippen LogP contribution in [-0.2, 0) is 4.65 Å². The van der Waals surface area contributed by atoms with Gasteiger partial charge in [-0.05, 0) is 16.6 Å². The predicted octanol–water partition coefficient (Wildman–Crippen LogP) is 1.05. The lowest BCUT2D eigenvalue weighted by atomic mass is 9.79. The van der Waals surface area contributed by atoms with Crippen molar-refractivity contribution >= 4 is 12.6 Å². The van der Waals surface area contributed by atoms with Crippen molar-refractivity contribution < 1.29 is 14.8 Å². The van der Waals surface area contributed by atoms with E-state index in [1.54, 1.807) is 0 Å². The third kappa shape index (κ3) is 3.20. The summed E-state index contributed by atoms with van der Waals surface area (Å²) in [6, 6.07) is 17.6. The van der Waals surface area contributed by atoms with Gasteiger partial charge in [0, 0.05) is 0 Å². The van der Waals surface area contributed by atoms with E-state index in [-0.39, 0.29) is 13.2 Å². The number of rotatable bonds is 5. The van der Waals surface area contributed by atoms with Gasteiger partial charge in [0.15, 0.2) is 0 Å². The molecule has 0 saturated carbocycles. The van der Waals surface area contributed by atoms with Crippen LogP contribution in [0.4, 0.5) is 0 Å². The molecule has 0 atom stereocenters. The van der Waals surface area contributed by atoms with Crippen LogP contribution in [0.2, 0.25) is 0 Å². The van der Waals surface area contributed by atoms with Gasteiger partial charge in [0.1, 0.15) is 0 Å². The summed E-state index contributed by atoms with van der Waals surface area (Å²) in [4.78, 5) is 0. The normalized spacial score (nSPS) is 10.3. The predicted molar refractivity (Wildman–Crippen MR) is 72.5 cm³/mol. The number of aliphatic hydroxyl groups excluding tert-OH is 1. The average Bonchev–Trinajstić information content (AvgIpc) is 2.46. The van der Waals surface area contributed by atoms with Crippen LogP contribution in [0.15, 0.2) is 54.6 Å². The zero-order valence-electron chi connectivity index (χ0n) is 9.99. The molecule has 0 aliphatic carbocycles. The highest BCUT2D eigenvalue weighted by Crippen LogP contribution is 2.17. The highest BCUT2D eigenvalue weighted by atomic mass is 16.5. The first-order valence-corrected chi connectivity index (χ1v) is 5.87. The monoisotopic (exact) mass is 242 g/mol. The van der Waals surface area contributed by atoms with E-state index in [1.165, 1.54) is 0 Å². The second-order valence-electron chi connectivity index (χ2n) is 3.93. The standard InChI is InChI=1S/C14H15BO3/c16-10-11-18-15(17)14-8-6-13(7-9-14)12-4-2-1-3-5-12/h1-9,16-17H,10-11H2. The van der Waals surface area contributed by atoms with Gasteiger partial charge in [0.05, 0.1) is 13.2 Å². The van der Waals surface area contributed by atoms with Crippen LogP contribution in [0.1, 0.15) is 0 Å². The second kappa shape index (κ2) is 6.35. The van der Waals surface area contributed by atoms with Crippen molar-refractivity contribution in [3.63, 3.8) is 0 Å². The van der Waals surface area contributed by atoms with E-state index in [0.29, 0.717) is 5.46 Å². The van der Waals surface area contributed by atoms with Gasteiger partial charge in [0.2, 0.25) is 0 Å². The Hall–Kier alpha value is -1.62. The van der Waals surface area contributed by atoms with Crippen LogP contribution in [-0.4, -0.2) is 30.5 Å². The first kappa shape index (κ1) is 12.8. The van der Waals surface area contributed by atoms with Crippen molar-refractivity contribution in [1.82, 2.24) is 0 Å². The molecule has 0 bridgehead atoms. The third-order valence-electron chi connectivity index (χ3n) is 2.67. The summed E-state index contributed by atoms with van der Waals surface area (Å²) in [7, 11) is -0.984. The maximum Gasteiger partial charge on any atom is 0.491 e. The molecule has 0 heterocycles. The molecule has 3 nitrogen and oxygen atoms in total. The fourth-order valence-corrected chi connectivity index (χ4v) is 1.73. The molecule has 2 aromatic rings. The molecule has 2 rings (SSSR count).